The Morgan fingerprint density at radius 3 is 2.36 bits per heavy atom. The van der Waals surface area contributed by atoms with Crippen LogP contribution in [0.2, 0.25) is 0 Å². The molecule has 3 aromatic rings. The maximum Gasteiger partial charge on any atom is 0.261 e. The summed E-state index contributed by atoms with van der Waals surface area (Å²) in [5.74, 6) is 0.632. The topological polar surface area (TPSA) is 88.3 Å². The second-order valence-corrected chi connectivity index (χ2v) is 7.72. The summed E-state index contributed by atoms with van der Waals surface area (Å²) in [5, 5.41) is 19.4. The van der Waals surface area contributed by atoms with E-state index in [1.165, 1.54) is 24.3 Å². The quantitative estimate of drug-likeness (QED) is 0.518. The maximum absolute atomic E-state index is 11.5. The van der Waals surface area contributed by atoms with E-state index in [2.05, 4.69) is 10.2 Å². The van der Waals surface area contributed by atoms with Crippen LogP contribution in [0.25, 0.3) is 10.8 Å². The highest BCUT2D eigenvalue weighted by Gasteiger charge is 2.13. The predicted octanol–water partition coefficient (Wildman–Crippen LogP) is 4.90. The molecule has 0 radical (unpaired) electrons. The van der Waals surface area contributed by atoms with Gasteiger partial charge in [-0.05, 0) is 47.9 Å². The Bertz CT molecular complexity index is 1060. The van der Waals surface area contributed by atoms with Gasteiger partial charge in [0.15, 0.2) is 0 Å². The number of ether oxygens (including phenoxy) is 1. The third-order valence-electron chi connectivity index (χ3n) is 3.56. The summed E-state index contributed by atoms with van der Waals surface area (Å²) in [7, 11) is 3.10. The van der Waals surface area contributed by atoms with E-state index in [4.69, 9.17) is 15.4 Å². The minimum Gasteiger partial charge on any atom is -0.506 e. The number of phenolic OH excluding ortho intramolecular Hbond substituents is 1. The standard InChI is InChI=1S/C17H13ClN2O4S/c1-24-13-5-3-12(4-6-13)19-20-17-15-8-7-14(25(18,22)23)10-11(15)2-9-16(17)21/h2-10,21H,1H3. The SMILES string of the molecule is COc1ccc(N=Nc2c(O)ccc3cc(S(=O)(=O)Cl)ccc23)cc1. The number of nitrogens with zero attached hydrogens (tertiary/aromatic N) is 2. The van der Waals surface area contributed by atoms with E-state index in [0.717, 1.165) is 0 Å². The van der Waals surface area contributed by atoms with Crippen LogP contribution in [0.1, 0.15) is 0 Å². The fraction of sp³-hybridized carbons (Fsp3) is 0.0588. The first kappa shape index (κ1) is 17.2. The predicted molar refractivity (Wildman–Crippen MR) is 95.8 cm³/mol. The Morgan fingerprint density at radius 1 is 1.00 bits per heavy atom. The second-order valence-electron chi connectivity index (χ2n) is 5.15. The number of hydrogen-bond acceptors (Lipinski definition) is 6. The number of aromatic hydroxyl groups is 1. The van der Waals surface area contributed by atoms with Crippen molar-refractivity contribution >= 4 is 41.9 Å². The largest absolute Gasteiger partial charge is 0.506 e. The van der Waals surface area contributed by atoms with Crippen molar-refractivity contribution < 1.29 is 18.3 Å². The van der Waals surface area contributed by atoms with Crippen molar-refractivity contribution in [2.45, 2.75) is 4.90 Å². The van der Waals surface area contributed by atoms with Crippen LogP contribution < -0.4 is 4.74 Å². The monoisotopic (exact) mass is 376 g/mol. The molecule has 0 aliphatic rings. The molecule has 0 fully saturated rings. The van der Waals surface area contributed by atoms with Gasteiger partial charge in [-0.15, -0.1) is 5.11 Å². The molecule has 0 amide bonds. The van der Waals surface area contributed by atoms with E-state index < -0.39 is 9.05 Å². The summed E-state index contributed by atoms with van der Waals surface area (Å²) in [6, 6.07) is 14.3. The van der Waals surface area contributed by atoms with E-state index >= 15 is 0 Å². The van der Waals surface area contributed by atoms with Crippen molar-refractivity contribution in [2.75, 3.05) is 7.11 Å². The molecule has 0 aliphatic heterocycles. The zero-order valence-electron chi connectivity index (χ0n) is 13.0. The number of fused-ring (bicyclic) bond motifs is 1. The van der Waals surface area contributed by atoms with E-state index in [0.29, 0.717) is 22.2 Å². The van der Waals surface area contributed by atoms with Gasteiger partial charge in [0.05, 0.1) is 17.7 Å². The molecule has 0 heterocycles. The molecular formula is C17H13ClN2O4S. The van der Waals surface area contributed by atoms with E-state index in [1.54, 1.807) is 37.4 Å². The van der Waals surface area contributed by atoms with Crippen LogP contribution in [0.15, 0.2) is 69.7 Å². The van der Waals surface area contributed by atoms with Crippen LogP contribution in [0.3, 0.4) is 0 Å². The van der Waals surface area contributed by atoms with Gasteiger partial charge >= 0.3 is 0 Å². The van der Waals surface area contributed by atoms with Gasteiger partial charge in [0, 0.05) is 16.1 Å². The zero-order valence-corrected chi connectivity index (χ0v) is 14.6. The molecule has 0 bridgehead atoms. The number of rotatable bonds is 4. The first-order chi connectivity index (χ1) is 11.9. The summed E-state index contributed by atoms with van der Waals surface area (Å²) in [4.78, 5) is -0.0228. The van der Waals surface area contributed by atoms with E-state index in [9.17, 15) is 13.5 Å². The summed E-state index contributed by atoms with van der Waals surface area (Å²) in [5.41, 5.74) is 0.823. The highest BCUT2D eigenvalue weighted by atomic mass is 35.7. The minimum atomic E-state index is -3.84. The van der Waals surface area contributed by atoms with Gasteiger partial charge in [0.25, 0.3) is 9.05 Å². The van der Waals surface area contributed by atoms with Crippen LogP contribution in [-0.2, 0) is 9.05 Å². The van der Waals surface area contributed by atoms with E-state index in [1.807, 2.05) is 0 Å². The van der Waals surface area contributed by atoms with E-state index in [-0.39, 0.29) is 16.3 Å². The van der Waals surface area contributed by atoms with Crippen molar-refractivity contribution in [3.05, 3.63) is 54.6 Å². The van der Waals surface area contributed by atoms with Crippen LogP contribution >= 0.6 is 10.7 Å². The van der Waals surface area contributed by atoms with Gasteiger partial charge in [0.2, 0.25) is 0 Å². The number of azo groups is 1. The smallest absolute Gasteiger partial charge is 0.261 e. The molecule has 0 saturated carbocycles. The Balaban J connectivity index is 2.05. The summed E-state index contributed by atoms with van der Waals surface area (Å²) < 4.78 is 28.0. The van der Waals surface area contributed by atoms with Crippen molar-refractivity contribution in [3.63, 3.8) is 0 Å². The number of phenols is 1. The Hall–Kier alpha value is -2.64. The third-order valence-corrected chi connectivity index (χ3v) is 4.91. The lowest BCUT2D eigenvalue weighted by Gasteiger charge is -2.05. The molecule has 128 valence electrons. The molecular weight excluding hydrogens is 364 g/mol. The molecule has 25 heavy (non-hydrogen) atoms. The molecule has 0 saturated heterocycles. The molecule has 0 aromatic heterocycles. The molecule has 3 rings (SSSR count). The van der Waals surface area contributed by atoms with Gasteiger partial charge in [-0.3, -0.25) is 0 Å². The lowest BCUT2D eigenvalue weighted by Crippen LogP contribution is -1.90. The van der Waals surface area contributed by atoms with Gasteiger partial charge in [-0.1, -0.05) is 12.1 Å². The van der Waals surface area contributed by atoms with Gasteiger partial charge in [0.1, 0.15) is 17.2 Å². The Kier molecular flexibility index (Phi) is 4.61. The molecule has 8 heteroatoms. The molecule has 6 nitrogen and oxygen atoms in total. The van der Waals surface area contributed by atoms with Gasteiger partial charge in [-0.2, -0.15) is 5.11 Å². The van der Waals surface area contributed by atoms with Crippen molar-refractivity contribution in [1.29, 1.82) is 0 Å². The van der Waals surface area contributed by atoms with Gasteiger partial charge in [-0.25, -0.2) is 8.42 Å². The highest BCUT2D eigenvalue weighted by Crippen LogP contribution is 2.37. The Labute approximate surface area is 148 Å². The van der Waals surface area contributed by atoms with Crippen molar-refractivity contribution in [1.82, 2.24) is 0 Å². The molecule has 3 aromatic carbocycles. The molecule has 0 atom stereocenters. The zero-order chi connectivity index (χ0) is 18.0. The number of benzene rings is 3. The average molecular weight is 377 g/mol. The van der Waals surface area contributed by atoms with Crippen LogP contribution in [-0.4, -0.2) is 20.6 Å². The van der Waals surface area contributed by atoms with Crippen LogP contribution in [0, 0.1) is 0 Å². The lowest BCUT2D eigenvalue weighted by molar-refractivity contribution is 0.415. The third kappa shape index (κ3) is 3.72. The maximum atomic E-state index is 11.5. The average Bonchev–Trinajstić information content (AvgIpc) is 2.60. The first-order valence-corrected chi connectivity index (χ1v) is 9.45. The molecule has 1 N–H and O–H groups in total. The van der Waals surface area contributed by atoms with Crippen LogP contribution in [0.4, 0.5) is 11.4 Å². The number of methoxy groups -OCH3 is 1. The van der Waals surface area contributed by atoms with Crippen molar-refractivity contribution in [3.8, 4) is 11.5 Å². The highest BCUT2D eigenvalue weighted by molar-refractivity contribution is 8.13. The summed E-state index contributed by atoms with van der Waals surface area (Å²) in [6.07, 6.45) is 0. The lowest BCUT2D eigenvalue weighted by atomic mass is 10.1. The van der Waals surface area contributed by atoms with Crippen molar-refractivity contribution in [2.24, 2.45) is 10.2 Å². The molecule has 0 spiro atoms. The van der Waals surface area contributed by atoms with Gasteiger partial charge < -0.3 is 9.84 Å². The fourth-order valence-electron chi connectivity index (χ4n) is 2.29. The summed E-state index contributed by atoms with van der Waals surface area (Å²) in [6.45, 7) is 0. The Morgan fingerprint density at radius 2 is 1.72 bits per heavy atom. The number of hydrogen-bond donors (Lipinski definition) is 1. The van der Waals surface area contributed by atoms with Crippen LogP contribution in [0.5, 0.6) is 11.5 Å². The second kappa shape index (κ2) is 6.70. The molecule has 0 unspecified atom stereocenters. The summed E-state index contributed by atoms with van der Waals surface area (Å²) >= 11 is 0. The molecule has 0 aliphatic carbocycles. The minimum absolute atomic E-state index is 0.0228. The first-order valence-electron chi connectivity index (χ1n) is 7.15. The normalized spacial score (nSPS) is 11.9. The fourth-order valence-corrected chi connectivity index (χ4v) is 3.08. The number of halogens is 1.